The van der Waals surface area contributed by atoms with Gasteiger partial charge in [-0.3, -0.25) is 9.59 Å². The first-order valence-electron chi connectivity index (χ1n) is 8.52. The maximum Gasteiger partial charge on any atom is 0.252 e. The van der Waals surface area contributed by atoms with Gasteiger partial charge in [-0.05, 0) is 11.4 Å². The summed E-state index contributed by atoms with van der Waals surface area (Å²) >= 11 is 1.46. The quantitative estimate of drug-likeness (QED) is 0.489. The van der Waals surface area contributed by atoms with Gasteiger partial charge in [-0.2, -0.15) is 16.4 Å². The van der Waals surface area contributed by atoms with Crippen molar-refractivity contribution in [2.24, 2.45) is 5.10 Å². The van der Waals surface area contributed by atoms with E-state index in [1.807, 2.05) is 66.0 Å². The molecule has 2 N–H and O–H groups in total. The van der Waals surface area contributed by atoms with Crippen LogP contribution in [0.15, 0.2) is 82.6 Å². The van der Waals surface area contributed by atoms with E-state index in [1.54, 1.807) is 11.4 Å². The van der Waals surface area contributed by atoms with Crippen LogP contribution in [0.5, 0.6) is 0 Å². The van der Waals surface area contributed by atoms with Gasteiger partial charge in [0.15, 0.2) is 0 Å². The van der Waals surface area contributed by atoms with Crippen LogP contribution >= 0.6 is 11.3 Å². The van der Waals surface area contributed by atoms with Gasteiger partial charge in [-0.25, -0.2) is 5.43 Å². The molecule has 5 nitrogen and oxygen atoms in total. The Morgan fingerprint density at radius 1 is 0.852 bits per heavy atom. The van der Waals surface area contributed by atoms with Crippen LogP contribution in [0.2, 0.25) is 0 Å². The molecule has 6 heteroatoms. The first-order chi connectivity index (χ1) is 13.2. The largest absolute Gasteiger partial charge is 0.351 e. The second-order valence-electron chi connectivity index (χ2n) is 5.75. The van der Waals surface area contributed by atoms with Gasteiger partial charge in [-0.15, -0.1) is 0 Å². The molecule has 1 aromatic heterocycles. The molecule has 0 bridgehead atoms. The first-order valence-corrected chi connectivity index (χ1v) is 9.46. The van der Waals surface area contributed by atoms with E-state index in [0.717, 1.165) is 11.1 Å². The average molecular weight is 377 g/mol. The van der Waals surface area contributed by atoms with E-state index in [4.69, 9.17) is 0 Å². The summed E-state index contributed by atoms with van der Waals surface area (Å²) in [7, 11) is 0. The molecule has 0 unspecified atom stereocenters. The van der Waals surface area contributed by atoms with Gasteiger partial charge in [0.2, 0.25) is 5.91 Å². The van der Waals surface area contributed by atoms with Gasteiger partial charge >= 0.3 is 0 Å². The number of nitrogens with zero attached hydrogens (tertiary/aromatic N) is 1. The Morgan fingerprint density at radius 2 is 1.48 bits per heavy atom. The van der Waals surface area contributed by atoms with Crippen molar-refractivity contribution >= 4 is 28.9 Å². The molecule has 0 radical (unpaired) electrons. The van der Waals surface area contributed by atoms with Gasteiger partial charge < -0.3 is 5.32 Å². The molecule has 0 atom stereocenters. The summed E-state index contributed by atoms with van der Waals surface area (Å²) in [4.78, 5) is 24.0. The predicted molar refractivity (Wildman–Crippen MR) is 108 cm³/mol. The minimum atomic E-state index is -0.259. The summed E-state index contributed by atoms with van der Waals surface area (Å²) in [5.74, 6) is -0.438. The summed E-state index contributed by atoms with van der Waals surface area (Å²) < 4.78 is 0. The predicted octanol–water partition coefficient (Wildman–Crippen LogP) is 3.44. The van der Waals surface area contributed by atoms with E-state index in [1.165, 1.54) is 11.3 Å². The Morgan fingerprint density at radius 3 is 2.04 bits per heavy atom. The molecule has 27 heavy (non-hydrogen) atoms. The van der Waals surface area contributed by atoms with Crippen molar-refractivity contribution in [1.82, 2.24) is 10.7 Å². The molecule has 1 heterocycles. The fourth-order valence-electron chi connectivity index (χ4n) is 2.45. The lowest BCUT2D eigenvalue weighted by Crippen LogP contribution is -2.29. The zero-order chi connectivity index (χ0) is 18.9. The number of rotatable bonds is 7. The van der Waals surface area contributed by atoms with Crippen molar-refractivity contribution in [3.8, 4) is 0 Å². The molecule has 3 aromatic rings. The summed E-state index contributed by atoms with van der Waals surface area (Å²) in [6.07, 6.45) is 0.149. The number of hydrogen-bond donors (Lipinski definition) is 2. The van der Waals surface area contributed by atoms with Crippen molar-refractivity contribution in [2.45, 2.75) is 6.42 Å². The Hall–Kier alpha value is -3.25. The van der Waals surface area contributed by atoms with Crippen LogP contribution in [-0.4, -0.2) is 24.1 Å². The van der Waals surface area contributed by atoms with E-state index in [-0.39, 0.29) is 24.8 Å². The Balaban J connectivity index is 1.61. The molecule has 0 saturated heterocycles. The molecular weight excluding hydrogens is 358 g/mol. The van der Waals surface area contributed by atoms with Crippen LogP contribution in [0, 0.1) is 0 Å². The lowest BCUT2D eigenvalue weighted by atomic mass is 10.0. The normalized spacial score (nSPS) is 10.1. The van der Waals surface area contributed by atoms with Crippen LogP contribution in [0.3, 0.4) is 0 Å². The average Bonchev–Trinajstić information content (AvgIpc) is 3.25. The van der Waals surface area contributed by atoms with Crippen LogP contribution < -0.4 is 10.7 Å². The van der Waals surface area contributed by atoms with Crippen molar-refractivity contribution in [3.05, 3.63) is 94.2 Å². The number of carbonyl (C=O) groups excluding carboxylic acids is 2. The molecule has 0 aliphatic heterocycles. The number of hydrazone groups is 1. The van der Waals surface area contributed by atoms with Gasteiger partial charge in [-0.1, -0.05) is 60.7 Å². The van der Waals surface area contributed by atoms with Gasteiger partial charge in [0.25, 0.3) is 5.91 Å². The lowest BCUT2D eigenvalue weighted by Gasteiger charge is -2.08. The lowest BCUT2D eigenvalue weighted by molar-refractivity contribution is -0.120. The van der Waals surface area contributed by atoms with Gasteiger partial charge in [0, 0.05) is 35.0 Å². The minimum Gasteiger partial charge on any atom is -0.351 e. The van der Waals surface area contributed by atoms with E-state index in [9.17, 15) is 9.59 Å². The molecule has 2 amide bonds. The maximum atomic E-state index is 12.1. The maximum absolute atomic E-state index is 12.1. The van der Waals surface area contributed by atoms with Gasteiger partial charge in [0.05, 0.1) is 5.71 Å². The fourth-order valence-corrected chi connectivity index (χ4v) is 3.08. The molecule has 0 aliphatic carbocycles. The van der Waals surface area contributed by atoms with Crippen LogP contribution in [-0.2, 0) is 4.79 Å². The van der Waals surface area contributed by atoms with Crippen LogP contribution in [0.4, 0.5) is 0 Å². The molecule has 0 spiro atoms. The Bertz CT molecular complexity index is 866. The molecule has 0 saturated carbocycles. The highest BCUT2D eigenvalue weighted by Gasteiger charge is 2.09. The van der Waals surface area contributed by atoms with Crippen molar-refractivity contribution in [2.75, 3.05) is 6.54 Å². The van der Waals surface area contributed by atoms with E-state index >= 15 is 0 Å². The second-order valence-corrected chi connectivity index (χ2v) is 6.53. The van der Waals surface area contributed by atoms with Crippen LogP contribution in [0.1, 0.15) is 27.9 Å². The number of hydrogen-bond acceptors (Lipinski definition) is 4. The number of nitrogens with one attached hydrogen (secondary N) is 2. The highest BCUT2D eigenvalue weighted by Crippen LogP contribution is 2.10. The third-order valence-electron chi connectivity index (χ3n) is 3.81. The topological polar surface area (TPSA) is 70.6 Å². The summed E-state index contributed by atoms with van der Waals surface area (Å²) in [6, 6.07) is 21.1. The molecule has 136 valence electrons. The number of carbonyl (C=O) groups is 2. The van der Waals surface area contributed by atoms with E-state index in [0.29, 0.717) is 11.3 Å². The summed E-state index contributed by atoms with van der Waals surface area (Å²) in [5, 5.41) is 10.7. The van der Waals surface area contributed by atoms with Crippen molar-refractivity contribution in [3.63, 3.8) is 0 Å². The van der Waals surface area contributed by atoms with E-state index in [2.05, 4.69) is 15.8 Å². The zero-order valence-electron chi connectivity index (χ0n) is 14.6. The highest BCUT2D eigenvalue weighted by atomic mass is 32.1. The fraction of sp³-hybridized carbons (Fsp3) is 0.0952. The third-order valence-corrected chi connectivity index (χ3v) is 4.49. The SMILES string of the molecule is O=C(CCNC(=O)c1ccsc1)NN=C(c1ccccc1)c1ccccc1. The van der Waals surface area contributed by atoms with Crippen LogP contribution in [0.25, 0.3) is 0 Å². The Kier molecular flexibility index (Phi) is 6.49. The third kappa shape index (κ3) is 5.36. The van der Waals surface area contributed by atoms with E-state index < -0.39 is 0 Å². The minimum absolute atomic E-state index is 0.149. The zero-order valence-corrected chi connectivity index (χ0v) is 15.4. The molecule has 0 aliphatic rings. The smallest absolute Gasteiger partial charge is 0.252 e. The molecule has 0 fully saturated rings. The number of amides is 2. The monoisotopic (exact) mass is 377 g/mol. The Labute approximate surface area is 161 Å². The standard InChI is InChI=1S/C21H19N3O2S/c25-19(11-13-22-21(26)18-12-14-27-15-18)23-24-20(16-7-3-1-4-8-16)17-9-5-2-6-10-17/h1-10,12,14-15H,11,13H2,(H,22,26)(H,23,25). The highest BCUT2D eigenvalue weighted by molar-refractivity contribution is 7.08. The molecule has 2 aromatic carbocycles. The number of benzene rings is 2. The molecular formula is C21H19N3O2S. The van der Waals surface area contributed by atoms with Crippen molar-refractivity contribution < 1.29 is 9.59 Å². The second kappa shape index (κ2) is 9.45. The molecule has 3 rings (SSSR count). The summed E-state index contributed by atoms with van der Waals surface area (Å²) in [5.41, 5.74) is 5.70. The van der Waals surface area contributed by atoms with Crippen molar-refractivity contribution in [1.29, 1.82) is 0 Å². The van der Waals surface area contributed by atoms with Gasteiger partial charge in [0.1, 0.15) is 0 Å². The summed E-state index contributed by atoms with van der Waals surface area (Å²) in [6.45, 7) is 0.252. The first kappa shape index (κ1) is 18.5. The number of thiophene rings is 1.